The van der Waals surface area contributed by atoms with E-state index in [0.29, 0.717) is 19.6 Å². The summed E-state index contributed by atoms with van der Waals surface area (Å²) in [4.78, 5) is 29.6. The molecule has 0 aliphatic rings. The van der Waals surface area contributed by atoms with Crippen LogP contribution in [0.1, 0.15) is 34.1 Å². The maximum absolute atomic E-state index is 12.1. The van der Waals surface area contributed by atoms with Gasteiger partial charge >= 0.3 is 0 Å². The topological polar surface area (TPSA) is 137 Å². The van der Waals surface area contributed by atoms with Gasteiger partial charge in [0, 0.05) is 51.6 Å². The van der Waals surface area contributed by atoms with Crippen molar-refractivity contribution >= 4 is 11.8 Å². The molecule has 0 atom stereocenters. The molecular weight excluding hydrogens is 350 g/mol. The average Bonchev–Trinajstić information content (AvgIpc) is 2.55. The molecule has 10 nitrogen and oxygen atoms in total. The Morgan fingerprint density at radius 2 is 1.78 bits per heavy atom. The van der Waals surface area contributed by atoms with E-state index in [0.717, 1.165) is 0 Å². The summed E-state index contributed by atoms with van der Waals surface area (Å²) < 4.78 is 6.02. The third-order valence-corrected chi connectivity index (χ3v) is 3.82. The minimum absolute atomic E-state index is 0.0392. The highest BCUT2D eigenvalue weighted by Crippen LogP contribution is 2.20. The van der Waals surface area contributed by atoms with E-state index in [1.54, 1.807) is 19.0 Å². The van der Waals surface area contributed by atoms with Crippen LogP contribution in [-0.4, -0.2) is 86.2 Å². The molecule has 0 spiro atoms. The van der Waals surface area contributed by atoms with Crippen LogP contribution in [0.3, 0.4) is 0 Å². The van der Waals surface area contributed by atoms with Gasteiger partial charge in [-0.25, -0.2) is 0 Å². The second kappa shape index (κ2) is 11.8. The van der Waals surface area contributed by atoms with Gasteiger partial charge in [0.25, 0.3) is 0 Å². The number of hydrogen-bond acceptors (Lipinski definition) is 6. The molecule has 0 saturated heterocycles. The minimum atomic E-state index is -0.565. The summed E-state index contributed by atoms with van der Waals surface area (Å²) in [6.07, 6.45) is 0.236. The average molecular weight is 386 g/mol. The van der Waals surface area contributed by atoms with Crippen LogP contribution in [0.4, 0.5) is 0 Å². The van der Waals surface area contributed by atoms with Crippen molar-refractivity contribution in [1.29, 1.82) is 0 Å². The molecular formula is C17H35N7O3. The monoisotopic (exact) mass is 385 g/mol. The van der Waals surface area contributed by atoms with E-state index in [9.17, 15) is 9.59 Å². The number of ether oxygens (including phenoxy) is 1. The van der Waals surface area contributed by atoms with Gasteiger partial charge < -0.3 is 25.6 Å². The van der Waals surface area contributed by atoms with Gasteiger partial charge in [-0.05, 0) is 33.2 Å². The molecule has 0 aliphatic heterocycles. The fourth-order valence-electron chi connectivity index (χ4n) is 2.51. The Kier molecular flexibility index (Phi) is 10.9. The van der Waals surface area contributed by atoms with Gasteiger partial charge in [-0.2, -0.15) is 0 Å². The molecule has 0 radical (unpaired) electrons. The quantitative estimate of drug-likeness (QED) is 0.208. The molecule has 10 heteroatoms. The summed E-state index contributed by atoms with van der Waals surface area (Å²) in [7, 11) is 3.30. The number of carbonyl (C=O) groups excluding carboxylic acids is 2. The Labute approximate surface area is 162 Å². The van der Waals surface area contributed by atoms with E-state index >= 15 is 0 Å². The van der Waals surface area contributed by atoms with Crippen molar-refractivity contribution in [2.75, 3.05) is 53.4 Å². The van der Waals surface area contributed by atoms with Crippen LogP contribution in [0.15, 0.2) is 5.11 Å². The normalized spacial score (nSPS) is 11.7. The van der Waals surface area contributed by atoms with Crippen LogP contribution >= 0.6 is 0 Å². The van der Waals surface area contributed by atoms with Crippen molar-refractivity contribution in [2.45, 2.75) is 45.3 Å². The van der Waals surface area contributed by atoms with Crippen LogP contribution in [0.25, 0.3) is 10.4 Å². The lowest BCUT2D eigenvalue weighted by atomic mass is 10.1. The molecule has 27 heavy (non-hydrogen) atoms. The predicted octanol–water partition coefficient (Wildman–Crippen LogP) is 0.726. The van der Waals surface area contributed by atoms with Crippen molar-refractivity contribution in [3.05, 3.63) is 10.4 Å². The van der Waals surface area contributed by atoms with Gasteiger partial charge in [0.2, 0.25) is 11.8 Å². The van der Waals surface area contributed by atoms with Gasteiger partial charge in [-0.15, -0.1) is 0 Å². The van der Waals surface area contributed by atoms with Gasteiger partial charge in [0.15, 0.2) is 0 Å². The summed E-state index contributed by atoms with van der Waals surface area (Å²) >= 11 is 0. The minimum Gasteiger partial charge on any atom is -0.368 e. The number of nitrogens with one attached hydrogen (secondary N) is 1. The molecule has 0 unspecified atom stereocenters. The van der Waals surface area contributed by atoms with E-state index < -0.39 is 11.2 Å². The van der Waals surface area contributed by atoms with E-state index in [4.69, 9.17) is 16.0 Å². The summed E-state index contributed by atoms with van der Waals surface area (Å²) in [5, 5.41) is 6.84. The fraction of sp³-hybridized carbons (Fsp3) is 0.882. The van der Waals surface area contributed by atoms with Crippen LogP contribution in [0.2, 0.25) is 0 Å². The van der Waals surface area contributed by atoms with Crippen LogP contribution in [0.5, 0.6) is 0 Å². The number of rotatable bonds is 13. The zero-order valence-corrected chi connectivity index (χ0v) is 17.5. The highest BCUT2D eigenvalue weighted by Gasteiger charge is 2.28. The molecule has 0 fully saturated rings. The molecule has 0 saturated carbocycles. The largest absolute Gasteiger partial charge is 0.368 e. The number of amides is 2. The first-order valence-corrected chi connectivity index (χ1v) is 9.04. The van der Waals surface area contributed by atoms with Gasteiger partial charge in [0.05, 0.1) is 24.3 Å². The maximum atomic E-state index is 12.1. The summed E-state index contributed by atoms with van der Waals surface area (Å²) in [5.41, 5.74) is 12.8. The zero-order valence-electron chi connectivity index (χ0n) is 17.5. The molecule has 0 aliphatic carbocycles. The lowest BCUT2D eigenvalue weighted by molar-refractivity contribution is -0.138. The first-order chi connectivity index (χ1) is 12.4. The highest BCUT2D eigenvalue weighted by atomic mass is 16.5. The Hall–Kier alpha value is -1.87. The van der Waals surface area contributed by atoms with E-state index in [1.165, 1.54) is 4.90 Å². The Morgan fingerprint density at radius 1 is 1.15 bits per heavy atom. The Bertz CT molecular complexity index is 531. The highest BCUT2D eigenvalue weighted by molar-refractivity contribution is 5.84. The van der Waals surface area contributed by atoms with Crippen LogP contribution in [0, 0.1) is 0 Å². The van der Waals surface area contributed by atoms with Crippen molar-refractivity contribution in [1.82, 2.24) is 15.1 Å². The first kappa shape index (κ1) is 25.1. The molecule has 0 rings (SSSR count). The van der Waals surface area contributed by atoms with Crippen LogP contribution in [-0.2, 0) is 14.3 Å². The standard InChI is InChI=1S/C17H35N7O3/c1-16(2,27-17(3,4)13-21-22-19)12-20-9-10-23(5)15(26)11-24(6)14(25)7-8-18/h20H,7-13,18H2,1-6H3. The van der Waals surface area contributed by atoms with Crippen molar-refractivity contribution in [3.8, 4) is 0 Å². The second-order valence-corrected chi connectivity index (χ2v) is 7.79. The molecule has 156 valence electrons. The molecule has 0 bridgehead atoms. The van der Waals surface area contributed by atoms with Crippen molar-refractivity contribution in [3.63, 3.8) is 0 Å². The van der Waals surface area contributed by atoms with Gasteiger partial charge in [-0.1, -0.05) is 5.11 Å². The number of likely N-dealkylation sites (N-methyl/N-ethyl adjacent to an activating group) is 2. The van der Waals surface area contributed by atoms with Gasteiger partial charge in [-0.3, -0.25) is 9.59 Å². The summed E-state index contributed by atoms with van der Waals surface area (Å²) in [5.74, 6) is -0.268. The smallest absolute Gasteiger partial charge is 0.241 e. The Balaban J connectivity index is 4.25. The van der Waals surface area contributed by atoms with Crippen molar-refractivity contribution < 1.29 is 14.3 Å². The van der Waals surface area contributed by atoms with Crippen LogP contribution < -0.4 is 11.1 Å². The van der Waals surface area contributed by atoms with Gasteiger partial charge in [0.1, 0.15) is 0 Å². The van der Waals surface area contributed by atoms with Crippen molar-refractivity contribution in [2.24, 2.45) is 10.8 Å². The number of hydrogen-bond donors (Lipinski definition) is 2. The molecule has 0 aromatic heterocycles. The number of carbonyl (C=O) groups is 2. The molecule has 0 aromatic carbocycles. The third-order valence-electron chi connectivity index (χ3n) is 3.82. The van der Waals surface area contributed by atoms with E-state index in [-0.39, 0.29) is 37.9 Å². The summed E-state index contributed by atoms with van der Waals surface area (Å²) in [6, 6.07) is 0. The first-order valence-electron chi connectivity index (χ1n) is 9.04. The molecule has 0 heterocycles. The SMILES string of the molecule is CN(CCNCC(C)(C)OC(C)(C)CN=[N+]=[N-])C(=O)CN(C)C(=O)CCN. The summed E-state index contributed by atoms with van der Waals surface area (Å²) in [6.45, 7) is 9.88. The van der Waals surface area contributed by atoms with E-state index in [1.807, 2.05) is 27.7 Å². The van der Waals surface area contributed by atoms with E-state index in [2.05, 4.69) is 15.3 Å². The Morgan fingerprint density at radius 3 is 2.33 bits per heavy atom. The number of nitrogens with two attached hydrogens (primary N) is 1. The second-order valence-electron chi connectivity index (χ2n) is 7.79. The zero-order chi connectivity index (χ0) is 21.1. The lowest BCUT2D eigenvalue weighted by Crippen LogP contribution is -2.47. The predicted molar refractivity (Wildman–Crippen MR) is 105 cm³/mol. The molecule has 2 amide bonds. The maximum Gasteiger partial charge on any atom is 0.241 e. The number of nitrogens with zero attached hydrogens (tertiary/aromatic N) is 5. The third kappa shape index (κ3) is 11.4. The number of azide groups is 1. The fourth-order valence-corrected chi connectivity index (χ4v) is 2.51. The lowest BCUT2D eigenvalue weighted by Gasteiger charge is -2.35. The molecule has 3 N–H and O–H groups in total. The molecule has 0 aromatic rings.